The zero-order chi connectivity index (χ0) is 55.8. The smallest absolute Gasteiger partial charge is 0.140 e. The van der Waals surface area contributed by atoms with E-state index in [2.05, 4.69) is 302 Å². The van der Waals surface area contributed by atoms with Crippen LogP contribution in [0.4, 0.5) is 17.1 Å². The molecule has 2 heterocycles. The Labute approximate surface area is 492 Å². The number of fused-ring (bicyclic) bond motifs is 19. The number of ether oxygens (including phenoxy) is 1. The maximum Gasteiger partial charge on any atom is 0.140 e. The fourth-order valence-electron chi connectivity index (χ4n) is 15.1. The molecule has 3 aliphatic rings. The van der Waals surface area contributed by atoms with Gasteiger partial charge in [-0.15, -0.1) is 0 Å². The minimum Gasteiger partial charge on any atom is -0.456 e. The van der Waals surface area contributed by atoms with Crippen molar-refractivity contribution in [3.8, 4) is 56.0 Å². The summed E-state index contributed by atoms with van der Waals surface area (Å²) in [5, 5.41) is 6.76. The van der Waals surface area contributed by atoms with Gasteiger partial charge in [0.25, 0.3) is 0 Å². The van der Waals surface area contributed by atoms with E-state index in [-0.39, 0.29) is 0 Å². The minimum atomic E-state index is -0.675. The number of rotatable bonds is 7. The number of para-hydroxylation sites is 1. The topological polar surface area (TPSA) is 25.6 Å². The van der Waals surface area contributed by atoms with E-state index in [9.17, 15) is 0 Å². The highest BCUT2D eigenvalue weighted by atomic mass is 16.5. The van der Waals surface area contributed by atoms with Gasteiger partial charge in [0.05, 0.1) is 10.8 Å². The van der Waals surface area contributed by atoms with Gasteiger partial charge in [-0.3, -0.25) is 0 Å². The van der Waals surface area contributed by atoms with Crippen LogP contribution in [0.2, 0.25) is 0 Å². The first-order valence-electron chi connectivity index (χ1n) is 29.4. The average Bonchev–Trinajstić information content (AvgIpc) is 1.68. The van der Waals surface area contributed by atoms with E-state index in [1.807, 2.05) is 12.1 Å². The van der Waals surface area contributed by atoms with E-state index in [1.54, 1.807) is 0 Å². The highest BCUT2D eigenvalue weighted by Crippen LogP contribution is 2.65. The third-order valence-corrected chi connectivity index (χ3v) is 18.8. The Kier molecular flexibility index (Phi) is 10.2. The van der Waals surface area contributed by atoms with Gasteiger partial charge < -0.3 is 14.1 Å². The molecule has 1 aliphatic heterocycles. The van der Waals surface area contributed by atoms with Crippen LogP contribution in [0.15, 0.2) is 314 Å². The van der Waals surface area contributed by atoms with Gasteiger partial charge in [-0.25, -0.2) is 0 Å². The summed E-state index contributed by atoms with van der Waals surface area (Å²) < 4.78 is 13.7. The number of benzene rings is 14. The summed E-state index contributed by atoms with van der Waals surface area (Å²) in [6.45, 7) is 0. The number of hydrogen-bond donors (Lipinski definition) is 0. The van der Waals surface area contributed by atoms with Crippen molar-refractivity contribution in [3.63, 3.8) is 0 Å². The molecule has 0 fully saturated rings. The van der Waals surface area contributed by atoms with Crippen molar-refractivity contribution < 1.29 is 9.15 Å². The summed E-state index contributed by atoms with van der Waals surface area (Å²) in [7, 11) is 0. The lowest BCUT2D eigenvalue weighted by molar-refractivity contribution is 0.447. The van der Waals surface area contributed by atoms with Crippen LogP contribution in [0, 0.1) is 0 Å². The lowest BCUT2D eigenvalue weighted by Crippen LogP contribution is -2.32. The molecular weight excluding hydrogens is 1030 g/mol. The SMILES string of the molecule is c1ccc(C2(c3ccccc3)c3ccccc3-c3ccc(N(c4ccc(-c5ccc6c(c5)oc5ccccc56)cc4)c4cccc(-c5ccc6c(c5)C5(c7ccccc7-6)c6ccc7ccccc7c6Oc6c5ccc5ccccc65)c4)cc32)cc1. The fourth-order valence-corrected chi connectivity index (χ4v) is 15.1. The summed E-state index contributed by atoms with van der Waals surface area (Å²) in [6, 6.07) is 114. The van der Waals surface area contributed by atoms with E-state index < -0.39 is 10.8 Å². The first kappa shape index (κ1) is 47.6. The molecule has 0 amide bonds. The van der Waals surface area contributed by atoms with Gasteiger partial charge in [0.2, 0.25) is 0 Å². The van der Waals surface area contributed by atoms with Gasteiger partial charge >= 0.3 is 0 Å². The monoisotopic (exact) mass is 1080 g/mol. The summed E-state index contributed by atoms with van der Waals surface area (Å²) in [6.07, 6.45) is 0. The van der Waals surface area contributed by atoms with Crippen LogP contribution in [0.5, 0.6) is 11.5 Å². The van der Waals surface area contributed by atoms with Crippen molar-refractivity contribution >= 4 is 60.5 Å². The average molecular weight is 1080 g/mol. The molecule has 0 saturated heterocycles. The van der Waals surface area contributed by atoms with E-state index in [4.69, 9.17) is 9.15 Å². The Morgan fingerprint density at radius 2 is 0.729 bits per heavy atom. The van der Waals surface area contributed by atoms with E-state index in [0.29, 0.717) is 0 Å². The highest BCUT2D eigenvalue weighted by Gasteiger charge is 2.52. The summed E-state index contributed by atoms with van der Waals surface area (Å²) >= 11 is 0. The van der Waals surface area contributed by atoms with E-state index in [1.165, 1.54) is 55.6 Å². The second-order valence-electron chi connectivity index (χ2n) is 23.0. The maximum absolute atomic E-state index is 7.32. The summed E-state index contributed by atoms with van der Waals surface area (Å²) in [4.78, 5) is 2.45. The first-order chi connectivity index (χ1) is 42.1. The number of nitrogens with zero attached hydrogens (tertiary/aromatic N) is 1. The minimum absolute atomic E-state index is 0.574. The zero-order valence-electron chi connectivity index (χ0n) is 46.2. The number of hydrogen-bond acceptors (Lipinski definition) is 3. The van der Waals surface area contributed by atoms with E-state index in [0.717, 1.165) is 105 Å². The Morgan fingerprint density at radius 3 is 1.41 bits per heavy atom. The van der Waals surface area contributed by atoms with Gasteiger partial charge in [-0.05, 0) is 149 Å². The summed E-state index contributed by atoms with van der Waals surface area (Å²) in [5.74, 6) is 1.82. The number of anilines is 3. The van der Waals surface area contributed by atoms with Crippen LogP contribution in [0.1, 0.15) is 44.5 Å². The van der Waals surface area contributed by atoms with Gasteiger partial charge in [0, 0.05) is 49.7 Å². The third-order valence-electron chi connectivity index (χ3n) is 18.8. The van der Waals surface area contributed by atoms with Gasteiger partial charge in [-0.1, -0.05) is 249 Å². The van der Waals surface area contributed by atoms with Crippen molar-refractivity contribution in [1.29, 1.82) is 0 Å². The number of furan rings is 1. The third kappa shape index (κ3) is 6.78. The maximum atomic E-state index is 7.32. The Balaban J connectivity index is 0.837. The molecule has 3 heteroatoms. The molecule has 0 radical (unpaired) electrons. The largest absolute Gasteiger partial charge is 0.456 e. The lowest BCUT2D eigenvalue weighted by atomic mass is 9.65. The second kappa shape index (κ2) is 18.2. The lowest BCUT2D eigenvalue weighted by Gasteiger charge is -2.40. The second-order valence-corrected chi connectivity index (χ2v) is 23.0. The molecule has 3 nitrogen and oxygen atoms in total. The van der Waals surface area contributed by atoms with Crippen molar-refractivity contribution in [1.82, 2.24) is 0 Å². The first-order valence-corrected chi connectivity index (χ1v) is 29.4. The van der Waals surface area contributed by atoms with Crippen molar-refractivity contribution in [2.45, 2.75) is 10.8 Å². The van der Waals surface area contributed by atoms with Gasteiger partial charge in [0.15, 0.2) is 0 Å². The molecule has 396 valence electrons. The normalized spacial score (nSPS) is 13.7. The van der Waals surface area contributed by atoms with Crippen LogP contribution < -0.4 is 9.64 Å². The summed E-state index contributed by atoms with van der Waals surface area (Å²) in [5.41, 5.74) is 22.9. The molecule has 0 unspecified atom stereocenters. The standard InChI is InChI=1S/C82H51NO2/c1-3-21-58(22-4-1)81(59-23-5-2-6-24-59)71-31-14-11-28-65(71)68-45-42-62(51-76(68)81)83(60-40-34-52(35-41-60)57-37-44-70-69-30-13-16-33-77(69)84-78(70)50-57)61-25-17-20-55(48-61)56-36-43-67-66-29-12-15-32-72(66)82(75(67)49-56)73-46-38-53-18-7-9-26-63(53)79(73)85-80-64-27-10-8-19-54(64)39-47-74(80)82/h1-51H. The molecule has 0 bridgehead atoms. The molecular formula is C82H51NO2. The van der Waals surface area contributed by atoms with Crippen molar-refractivity contribution in [2.24, 2.45) is 0 Å². The highest BCUT2D eigenvalue weighted by molar-refractivity contribution is 6.06. The molecule has 0 saturated carbocycles. The molecule has 85 heavy (non-hydrogen) atoms. The molecule has 14 aromatic carbocycles. The van der Waals surface area contributed by atoms with Crippen LogP contribution in [0.3, 0.4) is 0 Å². The molecule has 2 aliphatic carbocycles. The van der Waals surface area contributed by atoms with Crippen LogP contribution in [-0.2, 0) is 10.8 Å². The fraction of sp³-hybridized carbons (Fsp3) is 0.0244. The van der Waals surface area contributed by atoms with Crippen LogP contribution >= 0.6 is 0 Å². The van der Waals surface area contributed by atoms with Crippen LogP contribution in [-0.4, -0.2) is 0 Å². The molecule has 15 aromatic rings. The Bertz CT molecular complexity index is 5100. The van der Waals surface area contributed by atoms with Crippen molar-refractivity contribution in [2.75, 3.05) is 4.90 Å². The zero-order valence-corrected chi connectivity index (χ0v) is 46.2. The van der Waals surface area contributed by atoms with Gasteiger partial charge in [-0.2, -0.15) is 0 Å². The van der Waals surface area contributed by atoms with Crippen molar-refractivity contribution in [3.05, 3.63) is 354 Å². The molecule has 0 N–H and O–H groups in total. The van der Waals surface area contributed by atoms with Crippen LogP contribution in [0.25, 0.3) is 88.0 Å². The Morgan fingerprint density at radius 1 is 0.247 bits per heavy atom. The predicted octanol–water partition coefficient (Wildman–Crippen LogP) is 21.5. The molecule has 0 atom stereocenters. The van der Waals surface area contributed by atoms with Gasteiger partial charge in [0.1, 0.15) is 22.7 Å². The Hall–Kier alpha value is -11.0. The predicted molar refractivity (Wildman–Crippen MR) is 349 cm³/mol. The van der Waals surface area contributed by atoms with E-state index >= 15 is 0 Å². The molecule has 1 aromatic heterocycles. The molecule has 1 spiro atoms. The quantitative estimate of drug-likeness (QED) is 0.159. The molecule has 18 rings (SSSR count).